The van der Waals surface area contributed by atoms with Gasteiger partial charge in [0.05, 0.1) is 6.61 Å². The SMILES string of the molecule is CCc1ccc(S(=O)(=O)N2CC(C)N(CCOC)C(C)C2)s1. The van der Waals surface area contributed by atoms with Crippen molar-refractivity contribution in [1.82, 2.24) is 9.21 Å². The molecule has 0 aromatic carbocycles. The molecule has 1 aromatic rings. The monoisotopic (exact) mass is 346 g/mol. The minimum atomic E-state index is -3.37. The number of methoxy groups -OCH3 is 1. The molecule has 2 heterocycles. The Bertz CT molecular complexity index is 573. The van der Waals surface area contributed by atoms with Crippen molar-refractivity contribution < 1.29 is 13.2 Å². The molecule has 0 radical (unpaired) electrons. The molecule has 0 amide bonds. The highest BCUT2D eigenvalue weighted by atomic mass is 32.2. The Kier molecular flexibility index (Phi) is 6.01. The summed E-state index contributed by atoms with van der Waals surface area (Å²) in [7, 11) is -1.67. The highest BCUT2D eigenvalue weighted by molar-refractivity contribution is 7.91. The van der Waals surface area contributed by atoms with Crippen molar-refractivity contribution >= 4 is 21.4 Å². The van der Waals surface area contributed by atoms with E-state index in [0.717, 1.165) is 17.8 Å². The Morgan fingerprint density at radius 1 is 1.27 bits per heavy atom. The van der Waals surface area contributed by atoms with Gasteiger partial charge < -0.3 is 4.74 Å². The van der Waals surface area contributed by atoms with Gasteiger partial charge in [0.2, 0.25) is 0 Å². The van der Waals surface area contributed by atoms with Gasteiger partial charge in [0.1, 0.15) is 4.21 Å². The van der Waals surface area contributed by atoms with E-state index >= 15 is 0 Å². The van der Waals surface area contributed by atoms with Crippen LogP contribution < -0.4 is 0 Å². The summed E-state index contributed by atoms with van der Waals surface area (Å²) in [5.41, 5.74) is 0. The summed E-state index contributed by atoms with van der Waals surface area (Å²) in [5.74, 6) is 0. The summed E-state index contributed by atoms with van der Waals surface area (Å²) < 4.78 is 32.9. The predicted molar refractivity (Wildman–Crippen MR) is 90.0 cm³/mol. The van der Waals surface area contributed by atoms with E-state index in [9.17, 15) is 8.42 Å². The van der Waals surface area contributed by atoms with E-state index in [0.29, 0.717) is 23.9 Å². The number of hydrogen-bond donors (Lipinski definition) is 0. The van der Waals surface area contributed by atoms with Crippen LogP contribution in [0.3, 0.4) is 0 Å². The second-order valence-corrected chi connectivity index (χ2v) is 9.16. The van der Waals surface area contributed by atoms with Crippen LogP contribution in [0.15, 0.2) is 16.3 Å². The van der Waals surface area contributed by atoms with Crippen LogP contribution in [-0.4, -0.2) is 63.1 Å². The molecule has 126 valence electrons. The summed E-state index contributed by atoms with van der Waals surface area (Å²) in [4.78, 5) is 3.43. The summed E-state index contributed by atoms with van der Waals surface area (Å²) in [6.45, 7) is 8.80. The minimum Gasteiger partial charge on any atom is -0.383 e. The third-order valence-electron chi connectivity index (χ3n) is 4.20. The van der Waals surface area contributed by atoms with Crippen molar-refractivity contribution in [2.24, 2.45) is 0 Å². The van der Waals surface area contributed by atoms with Gasteiger partial charge in [-0.15, -0.1) is 11.3 Å². The van der Waals surface area contributed by atoms with E-state index in [2.05, 4.69) is 18.7 Å². The Morgan fingerprint density at radius 3 is 2.41 bits per heavy atom. The average Bonchev–Trinajstić information content (AvgIpc) is 2.96. The van der Waals surface area contributed by atoms with Gasteiger partial charge in [0.15, 0.2) is 0 Å². The minimum absolute atomic E-state index is 0.194. The fourth-order valence-corrected chi connectivity index (χ4v) is 6.01. The van der Waals surface area contributed by atoms with E-state index in [1.54, 1.807) is 17.5 Å². The number of thiophene rings is 1. The standard InChI is InChI=1S/C15H26N2O3S2/c1-5-14-6-7-15(21-14)22(18,19)16-10-12(2)17(8-9-20-4)13(3)11-16/h6-7,12-13H,5,8-11H2,1-4H3. The number of rotatable bonds is 6. The molecule has 1 aliphatic rings. The van der Waals surface area contributed by atoms with Crippen LogP contribution >= 0.6 is 11.3 Å². The zero-order valence-corrected chi connectivity index (χ0v) is 15.4. The van der Waals surface area contributed by atoms with Gasteiger partial charge in [-0.1, -0.05) is 6.92 Å². The van der Waals surface area contributed by atoms with Crippen LogP contribution in [0.2, 0.25) is 0 Å². The molecule has 1 aliphatic heterocycles. The molecule has 5 nitrogen and oxygen atoms in total. The second-order valence-electron chi connectivity index (χ2n) is 5.82. The van der Waals surface area contributed by atoms with E-state index in [1.165, 1.54) is 11.3 Å². The van der Waals surface area contributed by atoms with E-state index in [1.807, 2.05) is 13.0 Å². The fourth-order valence-electron chi connectivity index (χ4n) is 2.96. The van der Waals surface area contributed by atoms with Crippen LogP contribution in [0.4, 0.5) is 0 Å². The molecule has 1 fully saturated rings. The first-order valence-corrected chi connectivity index (χ1v) is 9.99. The zero-order valence-electron chi connectivity index (χ0n) is 13.8. The van der Waals surface area contributed by atoms with Crippen LogP contribution in [0, 0.1) is 0 Å². The first-order valence-electron chi connectivity index (χ1n) is 7.73. The van der Waals surface area contributed by atoms with Crippen molar-refractivity contribution in [3.8, 4) is 0 Å². The Labute approximate surface area is 137 Å². The molecule has 2 atom stereocenters. The normalized spacial score (nSPS) is 24.7. The molecule has 2 rings (SSSR count). The van der Waals surface area contributed by atoms with Crippen LogP contribution in [0.25, 0.3) is 0 Å². The van der Waals surface area contributed by atoms with Gasteiger partial charge in [-0.2, -0.15) is 4.31 Å². The molecule has 0 spiro atoms. The third kappa shape index (κ3) is 3.71. The zero-order chi connectivity index (χ0) is 16.3. The topological polar surface area (TPSA) is 49.9 Å². The number of piperazine rings is 1. The predicted octanol–water partition coefficient (Wildman–Crippen LogP) is 2.04. The highest BCUT2D eigenvalue weighted by Gasteiger charge is 2.36. The quantitative estimate of drug-likeness (QED) is 0.791. The van der Waals surface area contributed by atoms with Crippen molar-refractivity contribution in [3.63, 3.8) is 0 Å². The molecule has 0 saturated carbocycles. The molecule has 2 unspecified atom stereocenters. The fraction of sp³-hybridized carbons (Fsp3) is 0.733. The van der Waals surface area contributed by atoms with Crippen molar-refractivity contribution in [3.05, 3.63) is 17.0 Å². The molecule has 7 heteroatoms. The lowest BCUT2D eigenvalue weighted by Crippen LogP contribution is -2.58. The van der Waals surface area contributed by atoms with Gasteiger partial charge in [0.25, 0.3) is 10.0 Å². The van der Waals surface area contributed by atoms with E-state index in [-0.39, 0.29) is 12.1 Å². The number of hydrogen-bond acceptors (Lipinski definition) is 5. The summed E-state index contributed by atoms with van der Waals surface area (Å²) >= 11 is 1.39. The number of nitrogens with zero attached hydrogens (tertiary/aromatic N) is 2. The molecule has 1 saturated heterocycles. The molecular weight excluding hydrogens is 320 g/mol. The lowest BCUT2D eigenvalue weighted by molar-refractivity contribution is 0.0496. The Balaban J connectivity index is 2.13. The largest absolute Gasteiger partial charge is 0.383 e. The molecule has 1 aromatic heterocycles. The Hall–Kier alpha value is -0.470. The van der Waals surface area contributed by atoms with Crippen molar-refractivity contribution in [2.75, 3.05) is 33.4 Å². The summed E-state index contributed by atoms with van der Waals surface area (Å²) in [6, 6.07) is 4.05. The third-order valence-corrected chi connectivity index (χ3v) is 7.73. The maximum Gasteiger partial charge on any atom is 0.252 e. The number of ether oxygens (including phenoxy) is 1. The molecule has 22 heavy (non-hydrogen) atoms. The maximum atomic E-state index is 12.8. The second kappa shape index (κ2) is 7.40. The van der Waals surface area contributed by atoms with Crippen molar-refractivity contribution in [1.29, 1.82) is 0 Å². The lowest BCUT2D eigenvalue weighted by Gasteiger charge is -2.43. The first-order chi connectivity index (χ1) is 10.4. The van der Waals surface area contributed by atoms with E-state index in [4.69, 9.17) is 4.74 Å². The van der Waals surface area contributed by atoms with E-state index < -0.39 is 10.0 Å². The molecule has 0 bridgehead atoms. The van der Waals surface area contributed by atoms with Crippen molar-refractivity contribution in [2.45, 2.75) is 43.5 Å². The highest BCUT2D eigenvalue weighted by Crippen LogP contribution is 2.28. The van der Waals surface area contributed by atoms with Gasteiger partial charge in [-0.05, 0) is 32.4 Å². The van der Waals surface area contributed by atoms with Gasteiger partial charge in [-0.3, -0.25) is 4.90 Å². The van der Waals surface area contributed by atoms with Gasteiger partial charge in [0, 0.05) is 43.7 Å². The maximum absolute atomic E-state index is 12.8. The molecule has 0 N–H and O–H groups in total. The van der Waals surface area contributed by atoms with Crippen LogP contribution in [-0.2, 0) is 21.2 Å². The molecular formula is C15H26N2O3S2. The van der Waals surface area contributed by atoms with Crippen LogP contribution in [0.1, 0.15) is 25.6 Å². The average molecular weight is 347 g/mol. The smallest absolute Gasteiger partial charge is 0.252 e. The van der Waals surface area contributed by atoms with Gasteiger partial charge in [-0.25, -0.2) is 8.42 Å². The number of sulfonamides is 1. The van der Waals surface area contributed by atoms with Gasteiger partial charge >= 0.3 is 0 Å². The summed E-state index contributed by atoms with van der Waals surface area (Å²) in [5, 5.41) is 0. The summed E-state index contributed by atoms with van der Waals surface area (Å²) in [6.07, 6.45) is 0.873. The molecule has 0 aliphatic carbocycles. The number of aryl methyl sites for hydroxylation is 1. The van der Waals surface area contributed by atoms with Crippen LogP contribution in [0.5, 0.6) is 0 Å². The Morgan fingerprint density at radius 2 is 1.91 bits per heavy atom. The lowest BCUT2D eigenvalue weighted by atomic mass is 10.1. The first kappa shape index (κ1) is 17.9.